The Balaban J connectivity index is 4.25. The molecule has 0 aromatic heterocycles. The lowest BCUT2D eigenvalue weighted by Gasteiger charge is -2.21. The summed E-state index contributed by atoms with van der Waals surface area (Å²) in [5.41, 5.74) is 0. The molecule has 0 fully saturated rings. The molecule has 0 aliphatic carbocycles. The molecule has 0 radical (unpaired) electrons. The molecule has 0 heterocycles. The van der Waals surface area contributed by atoms with Crippen molar-refractivity contribution in [3.05, 3.63) is 0 Å². The van der Waals surface area contributed by atoms with E-state index < -0.39 is 16.0 Å². The minimum Gasteiger partial charge on any atom is -0.481 e. The quantitative estimate of drug-likeness (QED) is 0.553. The smallest absolute Gasteiger partial charge is 0.303 e. The topological polar surface area (TPSA) is 104 Å². The van der Waals surface area contributed by atoms with Crippen molar-refractivity contribution in [2.45, 2.75) is 39.2 Å². The summed E-state index contributed by atoms with van der Waals surface area (Å²) >= 11 is 0. The number of hydrogen-bond acceptors (Lipinski definition) is 4. The van der Waals surface area contributed by atoms with Gasteiger partial charge in [-0.3, -0.25) is 4.79 Å². The van der Waals surface area contributed by atoms with Gasteiger partial charge in [-0.2, -0.15) is 0 Å². The van der Waals surface area contributed by atoms with Crippen molar-refractivity contribution in [3.8, 4) is 0 Å². The Kier molecular flexibility index (Phi) is 7.33. The van der Waals surface area contributed by atoms with Crippen LogP contribution >= 0.6 is 0 Å². The summed E-state index contributed by atoms with van der Waals surface area (Å²) in [6, 6.07) is -0.310. The second-order valence-corrected chi connectivity index (χ2v) is 6.17. The van der Waals surface area contributed by atoms with Crippen molar-refractivity contribution in [2.24, 2.45) is 5.92 Å². The van der Waals surface area contributed by atoms with Crippen molar-refractivity contribution < 1.29 is 23.4 Å². The van der Waals surface area contributed by atoms with Crippen LogP contribution in [-0.2, 0) is 14.8 Å². The summed E-state index contributed by atoms with van der Waals surface area (Å²) in [4.78, 5) is 10.3. The van der Waals surface area contributed by atoms with Gasteiger partial charge < -0.3 is 10.2 Å². The predicted octanol–water partition coefficient (Wildman–Crippen LogP) is 0.178. The van der Waals surface area contributed by atoms with Crippen LogP contribution in [0.2, 0.25) is 0 Å². The Bertz CT molecular complexity index is 326. The van der Waals surface area contributed by atoms with Crippen LogP contribution in [0.1, 0.15) is 33.1 Å². The number of sulfonamides is 1. The fourth-order valence-electron chi connectivity index (χ4n) is 1.37. The molecule has 0 saturated carbocycles. The number of aliphatic hydroxyl groups is 1. The molecule has 0 aliphatic rings. The van der Waals surface area contributed by atoms with E-state index in [1.165, 1.54) is 0 Å². The molecular weight excluding hydrogens is 246 g/mol. The van der Waals surface area contributed by atoms with E-state index >= 15 is 0 Å². The Labute approximate surface area is 102 Å². The molecule has 1 atom stereocenters. The van der Waals surface area contributed by atoms with Crippen LogP contribution in [-0.4, -0.2) is 43.0 Å². The van der Waals surface area contributed by atoms with Gasteiger partial charge in [0.1, 0.15) is 0 Å². The molecule has 17 heavy (non-hydrogen) atoms. The first-order valence-electron chi connectivity index (χ1n) is 5.61. The normalized spacial score (nSPS) is 13.9. The van der Waals surface area contributed by atoms with Crippen molar-refractivity contribution in [2.75, 3.05) is 12.4 Å². The van der Waals surface area contributed by atoms with E-state index in [0.717, 1.165) is 0 Å². The van der Waals surface area contributed by atoms with Gasteiger partial charge in [0.05, 0.1) is 5.75 Å². The van der Waals surface area contributed by atoms with E-state index in [1.807, 2.05) is 13.8 Å². The van der Waals surface area contributed by atoms with Gasteiger partial charge in [0, 0.05) is 19.1 Å². The number of carbonyl (C=O) groups is 1. The van der Waals surface area contributed by atoms with Crippen LogP contribution in [0.4, 0.5) is 0 Å². The zero-order valence-electron chi connectivity index (χ0n) is 10.2. The number of carboxylic acids is 1. The zero-order chi connectivity index (χ0) is 13.5. The average molecular weight is 267 g/mol. The Morgan fingerprint density at radius 3 is 2.35 bits per heavy atom. The molecule has 0 rings (SSSR count). The highest BCUT2D eigenvalue weighted by Gasteiger charge is 2.20. The molecule has 1 unspecified atom stereocenters. The molecule has 102 valence electrons. The van der Waals surface area contributed by atoms with Crippen molar-refractivity contribution in [3.63, 3.8) is 0 Å². The monoisotopic (exact) mass is 267 g/mol. The van der Waals surface area contributed by atoms with Crippen LogP contribution in [0.3, 0.4) is 0 Å². The highest BCUT2D eigenvalue weighted by molar-refractivity contribution is 7.89. The maximum absolute atomic E-state index is 11.6. The third kappa shape index (κ3) is 8.12. The molecule has 6 nitrogen and oxygen atoms in total. The van der Waals surface area contributed by atoms with Crippen molar-refractivity contribution >= 4 is 16.0 Å². The van der Waals surface area contributed by atoms with Crippen LogP contribution in [0.25, 0.3) is 0 Å². The van der Waals surface area contributed by atoms with E-state index in [0.29, 0.717) is 6.42 Å². The van der Waals surface area contributed by atoms with Gasteiger partial charge in [-0.25, -0.2) is 13.1 Å². The maximum atomic E-state index is 11.6. The van der Waals surface area contributed by atoms with E-state index in [9.17, 15) is 13.2 Å². The molecule has 0 saturated heterocycles. The summed E-state index contributed by atoms with van der Waals surface area (Å²) in [6.45, 7) is 3.64. The number of nitrogens with one attached hydrogen (secondary N) is 1. The number of hydrogen-bond donors (Lipinski definition) is 3. The van der Waals surface area contributed by atoms with Crippen molar-refractivity contribution in [1.29, 1.82) is 0 Å². The lowest BCUT2D eigenvalue weighted by Crippen LogP contribution is -2.40. The second kappa shape index (κ2) is 7.62. The largest absolute Gasteiger partial charge is 0.481 e. The molecule has 0 spiro atoms. The summed E-state index contributed by atoms with van der Waals surface area (Å²) in [5, 5.41) is 17.2. The lowest BCUT2D eigenvalue weighted by atomic mass is 10.0. The van der Waals surface area contributed by atoms with Gasteiger partial charge in [0.15, 0.2) is 0 Å². The SMILES string of the molecule is CC(C)C(CCO)NS(=O)(=O)CCCC(=O)O. The second-order valence-electron chi connectivity index (χ2n) is 4.30. The predicted molar refractivity (Wildman–Crippen MR) is 64.1 cm³/mol. The lowest BCUT2D eigenvalue weighted by molar-refractivity contribution is -0.137. The van der Waals surface area contributed by atoms with Crippen molar-refractivity contribution in [1.82, 2.24) is 4.72 Å². The van der Waals surface area contributed by atoms with Gasteiger partial charge in [-0.05, 0) is 18.8 Å². The molecule has 0 aliphatic heterocycles. The summed E-state index contributed by atoms with van der Waals surface area (Å²) in [5.74, 6) is -1.12. The number of aliphatic carboxylic acids is 1. The van der Waals surface area contributed by atoms with Gasteiger partial charge in [0.25, 0.3) is 0 Å². The van der Waals surface area contributed by atoms with Gasteiger partial charge in [-0.1, -0.05) is 13.8 Å². The number of aliphatic hydroxyl groups excluding tert-OH is 1. The van der Waals surface area contributed by atoms with Crippen LogP contribution in [0.15, 0.2) is 0 Å². The standard InChI is InChI=1S/C10H21NO5S/c1-8(2)9(5-6-12)11-17(15,16)7-3-4-10(13)14/h8-9,11-12H,3-7H2,1-2H3,(H,13,14). The van der Waals surface area contributed by atoms with Crippen LogP contribution in [0.5, 0.6) is 0 Å². The Hall–Kier alpha value is -0.660. The van der Waals surface area contributed by atoms with Crippen LogP contribution < -0.4 is 4.72 Å². The first kappa shape index (κ1) is 16.3. The summed E-state index contributed by atoms with van der Waals surface area (Å²) in [6.07, 6.45) is 0.289. The van der Waals surface area contributed by atoms with Gasteiger partial charge >= 0.3 is 5.97 Å². The molecule has 0 bridgehead atoms. The molecule has 0 aromatic rings. The Morgan fingerprint density at radius 2 is 1.94 bits per heavy atom. The van der Waals surface area contributed by atoms with Crippen LogP contribution in [0, 0.1) is 5.92 Å². The molecular formula is C10H21NO5S. The number of carboxylic acid groups (broad SMARTS) is 1. The first-order chi connectivity index (χ1) is 7.78. The molecule has 7 heteroatoms. The average Bonchev–Trinajstić information content (AvgIpc) is 2.15. The van der Waals surface area contributed by atoms with E-state index in [-0.39, 0.29) is 37.2 Å². The van der Waals surface area contributed by atoms with Gasteiger partial charge in [0.2, 0.25) is 10.0 Å². The fraction of sp³-hybridized carbons (Fsp3) is 0.900. The zero-order valence-corrected chi connectivity index (χ0v) is 11.0. The maximum Gasteiger partial charge on any atom is 0.303 e. The third-order valence-electron chi connectivity index (χ3n) is 2.38. The summed E-state index contributed by atoms with van der Waals surface area (Å²) in [7, 11) is -3.47. The first-order valence-corrected chi connectivity index (χ1v) is 7.26. The summed E-state index contributed by atoms with van der Waals surface area (Å²) < 4.78 is 25.7. The fourth-order valence-corrected chi connectivity index (χ4v) is 2.86. The molecule has 0 amide bonds. The van der Waals surface area contributed by atoms with E-state index in [1.54, 1.807) is 0 Å². The van der Waals surface area contributed by atoms with E-state index in [2.05, 4.69) is 4.72 Å². The highest BCUT2D eigenvalue weighted by atomic mass is 32.2. The molecule has 0 aromatic carbocycles. The third-order valence-corrected chi connectivity index (χ3v) is 3.87. The number of rotatable bonds is 9. The highest BCUT2D eigenvalue weighted by Crippen LogP contribution is 2.08. The minimum atomic E-state index is -3.47. The minimum absolute atomic E-state index is 0.0800. The Morgan fingerprint density at radius 1 is 1.35 bits per heavy atom. The van der Waals surface area contributed by atoms with E-state index in [4.69, 9.17) is 10.2 Å². The van der Waals surface area contributed by atoms with Gasteiger partial charge in [-0.15, -0.1) is 0 Å². The molecule has 3 N–H and O–H groups in total.